The molecule has 4 rings (SSSR count). The van der Waals surface area contributed by atoms with Gasteiger partial charge in [-0.15, -0.1) is 0 Å². The van der Waals surface area contributed by atoms with Gasteiger partial charge in [0.25, 0.3) is 0 Å². The Morgan fingerprint density at radius 3 is 2.22 bits per heavy atom. The molecule has 2 aliphatic carbocycles. The van der Waals surface area contributed by atoms with Gasteiger partial charge in [-0.25, -0.2) is 8.42 Å². The lowest BCUT2D eigenvalue weighted by molar-refractivity contribution is 0.203. The van der Waals surface area contributed by atoms with Crippen LogP contribution in [0.5, 0.6) is 11.5 Å². The average molecular weight is 394 g/mol. The van der Waals surface area contributed by atoms with Gasteiger partial charge in [-0.3, -0.25) is 0 Å². The molecule has 1 spiro atoms. The number of nitrogens with zero attached hydrogens (tertiary/aromatic N) is 1. The quantitative estimate of drug-likeness (QED) is 0.776. The smallest absolute Gasteiger partial charge is 0.217 e. The number of fused-ring (bicyclic) bond motifs is 2. The molecular formula is C21H31NO4S. The summed E-state index contributed by atoms with van der Waals surface area (Å²) >= 11 is 0. The van der Waals surface area contributed by atoms with E-state index in [1.165, 1.54) is 12.0 Å². The Labute approximate surface area is 163 Å². The summed E-state index contributed by atoms with van der Waals surface area (Å²) in [6.45, 7) is 1.07. The predicted octanol–water partition coefficient (Wildman–Crippen LogP) is 3.99. The maximum Gasteiger partial charge on any atom is 0.217 e. The van der Waals surface area contributed by atoms with Gasteiger partial charge in [0, 0.05) is 18.5 Å². The summed E-state index contributed by atoms with van der Waals surface area (Å²) in [6, 6.07) is 4.11. The summed E-state index contributed by atoms with van der Waals surface area (Å²) in [7, 11) is 0.0458. The third-order valence-electron chi connectivity index (χ3n) is 6.90. The lowest BCUT2D eigenvalue weighted by Gasteiger charge is -2.46. The Kier molecular flexibility index (Phi) is 5.14. The van der Waals surface area contributed by atoms with E-state index in [0.717, 1.165) is 62.7 Å². The number of benzene rings is 1. The summed E-state index contributed by atoms with van der Waals surface area (Å²) in [5.41, 5.74) is 2.27. The van der Waals surface area contributed by atoms with Crippen LogP contribution in [0.1, 0.15) is 68.9 Å². The summed E-state index contributed by atoms with van der Waals surface area (Å²) in [5.74, 6) is 1.43. The fourth-order valence-corrected chi connectivity index (χ4v) is 7.54. The van der Waals surface area contributed by atoms with Gasteiger partial charge in [0.1, 0.15) is 0 Å². The van der Waals surface area contributed by atoms with Gasteiger partial charge in [-0.05, 0) is 48.9 Å². The van der Waals surface area contributed by atoms with Crippen molar-refractivity contribution in [1.82, 2.24) is 4.31 Å². The van der Waals surface area contributed by atoms with Gasteiger partial charge in [0.15, 0.2) is 11.5 Å². The molecule has 6 heteroatoms. The van der Waals surface area contributed by atoms with Crippen molar-refractivity contribution in [2.75, 3.05) is 20.8 Å². The molecule has 0 aromatic heterocycles. The highest BCUT2D eigenvalue weighted by molar-refractivity contribution is 7.89. The summed E-state index contributed by atoms with van der Waals surface area (Å²) < 4.78 is 39.6. The highest BCUT2D eigenvalue weighted by atomic mass is 32.2. The molecule has 2 fully saturated rings. The molecule has 1 aliphatic heterocycles. The van der Waals surface area contributed by atoms with Crippen molar-refractivity contribution >= 4 is 10.0 Å². The zero-order valence-electron chi connectivity index (χ0n) is 16.5. The summed E-state index contributed by atoms with van der Waals surface area (Å²) in [5, 5.41) is -0.195. The fraction of sp³-hybridized carbons (Fsp3) is 0.714. The van der Waals surface area contributed by atoms with Gasteiger partial charge in [0.2, 0.25) is 10.0 Å². The van der Waals surface area contributed by atoms with Gasteiger partial charge in [0.05, 0.1) is 19.5 Å². The summed E-state index contributed by atoms with van der Waals surface area (Å²) in [6.07, 6.45) is 9.33. The Morgan fingerprint density at radius 2 is 1.59 bits per heavy atom. The molecule has 0 bridgehead atoms. The number of rotatable bonds is 4. The number of hydrogen-bond acceptors (Lipinski definition) is 4. The maximum atomic E-state index is 13.4. The van der Waals surface area contributed by atoms with Crippen molar-refractivity contribution in [1.29, 1.82) is 0 Å². The van der Waals surface area contributed by atoms with E-state index < -0.39 is 10.0 Å². The molecule has 3 aliphatic rings. The first kappa shape index (κ1) is 19.1. The van der Waals surface area contributed by atoms with E-state index in [0.29, 0.717) is 18.8 Å². The van der Waals surface area contributed by atoms with Crippen LogP contribution in [-0.2, 0) is 22.0 Å². The molecule has 2 saturated carbocycles. The van der Waals surface area contributed by atoms with Crippen LogP contribution in [0.2, 0.25) is 0 Å². The van der Waals surface area contributed by atoms with Crippen molar-refractivity contribution in [3.05, 3.63) is 23.3 Å². The van der Waals surface area contributed by atoms with E-state index in [9.17, 15) is 8.42 Å². The minimum Gasteiger partial charge on any atom is -0.493 e. The Morgan fingerprint density at radius 1 is 0.963 bits per heavy atom. The molecule has 0 N–H and O–H groups in total. The lowest BCUT2D eigenvalue weighted by atomic mass is 9.66. The lowest BCUT2D eigenvalue weighted by Crippen LogP contribution is -2.50. The molecule has 0 amide bonds. The number of ether oxygens (including phenoxy) is 2. The second kappa shape index (κ2) is 7.28. The van der Waals surface area contributed by atoms with E-state index in [4.69, 9.17) is 9.47 Å². The monoisotopic (exact) mass is 393 g/mol. The third-order valence-corrected chi connectivity index (χ3v) is 9.19. The molecule has 0 saturated heterocycles. The number of methoxy groups -OCH3 is 2. The van der Waals surface area contributed by atoms with Crippen LogP contribution in [0.3, 0.4) is 0 Å². The number of hydrogen-bond donors (Lipinski definition) is 0. The van der Waals surface area contributed by atoms with Gasteiger partial charge in [-0.2, -0.15) is 4.31 Å². The molecule has 1 aromatic rings. The molecule has 150 valence electrons. The molecule has 0 atom stereocenters. The van der Waals surface area contributed by atoms with E-state index >= 15 is 0 Å². The maximum absolute atomic E-state index is 13.4. The van der Waals surface area contributed by atoms with E-state index in [2.05, 4.69) is 6.07 Å². The van der Waals surface area contributed by atoms with E-state index in [1.807, 2.05) is 6.07 Å². The first-order valence-corrected chi connectivity index (χ1v) is 11.7. The highest BCUT2D eigenvalue weighted by Gasteiger charge is 2.46. The summed E-state index contributed by atoms with van der Waals surface area (Å²) in [4.78, 5) is 0. The standard InChI is InChI=1S/C21H31NO4S/c1-25-19-12-16-14-22(27(23,24)17-8-4-5-9-17)15-21(10-6-3-7-11-21)18(16)13-20(19)26-2/h12-13,17H,3-11,14-15H2,1-2H3. The normalized spacial score (nSPS) is 23.3. The van der Waals surface area contributed by atoms with Crippen molar-refractivity contribution in [2.45, 2.75) is 75.0 Å². The second-order valence-electron chi connectivity index (χ2n) is 8.42. The minimum absolute atomic E-state index is 0.0863. The predicted molar refractivity (Wildman–Crippen MR) is 106 cm³/mol. The van der Waals surface area contributed by atoms with Crippen molar-refractivity contribution < 1.29 is 17.9 Å². The second-order valence-corrected chi connectivity index (χ2v) is 10.6. The zero-order chi connectivity index (χ0) is 19.1. The minimum atomic E-state index is -3.25. The third kappa shape index (κ3) is 3.25. The van der Waals surface area contributed by atoms with Crippen LogP contribution in [-0.4, -0.2) is 38.7 Å². The van der Waals surface area contributed by atoms with E-state index in [1.54, 1.807) is 18.5 Å². The van der Waals surface area contributed by atoms with Crippen LogP contribution in [0.25, 0.3) is 0 Å². The highest BCUT2D eigenvalue weighted by Crippen LogP contribution is 2.48. The first-order valence-electron chi connectivity index (χ1n) is 10.2. The SMILES string of the molecule is COc1cc2c(cc1OC)C1(CCCCC1)CN(S(=O)(=O)C1CCCC1)C2. The Bertz CT molecular complexity index is 793. The van der Waals surface area contributed by atoms with E-state index in [-0.39, 0.29) is 10.7 Å². The molecule has 0 radical (unpaired) electrons. The van der Waals surface area contributed by atoms with Crippen LogP contribution in [0, 0.1) is 0 Å². The molecular weight excluding hydrogens is 362 g/mol. The van der Waals surface area contributed by atoms with Crippen molar-refractivity contribution in [3.8, 4) is 11.5 Å². The van der Waals surface area contributed by atoms with Gasteiger partial charge < -0.3 is 9.47 Å². The van der Waals surface area contributed by atoms with Gasteiger partial charge >= 0.3 is 0 Å². The van der Waals surface area contributed by atoms with Gasteiger partial charge in [-0.1, -0.05) is 32.1 Å². The first-order chi connectivity index (χ1) is 13.0. The molecule has 27 heavy (non-hydrogen) atoms. The topological polar surface area (TPSA) is 55.8 Å². The average Bonchev–Trinajstić information content (AvgIpc) is 3.23. The Hall–Kier alpha value is -1.27. The molecule has 1 heterocycles. The van der Waals surface area contributed by atoms with Crippen molar-refractivity contribution in [2.24, 2.45) is 0 Å². The molecule has 0 unspecified atom stereocenters. The Balaban J connectivity index is 1.78. The molecule has 1 aromatic carbocycles. The van der Waals surface area contributed by atoms with Crippen LogP contribution >= 0.6 is 0 Å². The van der Waals surface area contributed by atoms with Crippen LogP contribution in [0.15, 0.2) is 12.1 Å². The molecule has 5 nitrogen and oxygen atoms in total. The fourth-order valence-electron chi connectivity index (χ4n) is 5.45. The zero-order valence-corrected chi connectivity index (χ0v) is 17.3. The largest absolute Gasteiger partial charge is 0.493 e. The van der Waals surface area contributed by atoms with Crippen LogP contribution in [0.4, 0.5) is 0 Å². The van der Waals surface area contributed by atoms with Crippen LogP contribution < -0.4 is 9.47 Å². The van der Waals surface area contributed by atoms with Crippen molar-refractivity contribution in [3.63, 3.8) is 0 Å². The number of sulfonamides is 1.